The molecule has 21 heavy (non-hydrogen) atoms. The van der Waals surface area contributed by atoms with Gasteiger partial charge in [-0.25, -0.2) is 0 Å². The van der Waals surface area contributed by atoms with E-state index in [9.17, 15) is 0 Å². The van der Waals surface area contributed by atoms with E-state index in [-0.39, 0.29) is 6.61 Å². The highest BCUT2D eigenvalue weighted by Gasteiger charge is 2.06. The Labute approximate surface area is 126 Å². The molecule has 2 N–H and O–H groups in total. The summed E-state index contributed by atoms with van der Waals surface area (Å²) in [5.41, 5.74) is 3.25. The van der Waals surface area contributed by atoms with Crippen LogP contribution in [0.1, 0.15) is 30.5 Å². The lowest BCUT2D eigenvalue weighted by molar-refractivity contribution is 0.281. The molecule has 0 aliphatic rings. The van der Waals surface area contributed by atoms with Crippen LogP contribution in [0.3, 0.4) is 0 Å². The lowest BCUT2D eigenvalue weighted by Gasteiger charge is -2.14. The third-order valence-electron chi connectivity index (χ3n) is 3.25. The maximum Gasteiger partial charge on any atom is 0.131 e. The summed E-state index contributed by atoms with van der Waals surface area (Å²) in [5.74, 6) is 1.65. The van der Waals surface area contributed by atoms with Gasteiger partial charge in [-0.2, -0.15) is 0 Å². The van der Waals surface area contributed by atoms with Crippen LogP contribution in [0.5, 0.6) is 11.5 Å². The van der Waals surface area contributed by atoms with Crippen LogP contribution in [-0.4, -0.2) is 11.1 Å². The monoisotopic (exact) mass is 285 g/mol. The van der Waals surface area contributed by atoms with Gasteiger partial charge in [-0.05, 0) is 30.7 Å². The molecule has 3 nitrogen and oxygen atoms in total. The molecule has 0 radical (unpaired) electrons. The minimum absolute atomic E-state index is 0.0500. The summed E-state index contributed by atoms with van der Waals surface area (Å²) in [4.78, 5) is 0. The second-order valence-electron chi connectivity index (χ2n) is 5.55. The van der Waals surface area contributed by atoms with Gasteiger partial charge in [0.25, 0.3) is 0 Å². The fourth-order valence-electron chi connectivity index (χ4n) is 2.05. The van der Waals surface area contributed by atoms with Gasteiger partial charge in [0.15, 0.2) is 0 Å². The first-order valence-electron chi connectivity index (χ1n) is 7.29. The Kier molecular flexibility index (Phi) is 5.37. The van der Waals surface area contributed by atoms with Crippen LogP contribution in [-0.2, 0) is 13.2 Å². The van der Waals surface area contributed by atoms with Crippen molar-refractivity contribution in [3.05, 3.63) is 59.2 Å². The molecule has 112 valence electrons. The molecule has 0 saturated heterocycles. The molecule has 3 heteroatoms. The molecule has 0 spiro atoms. The predicted molar refractivity (Wildman–Crippen MR) is 85.6 cm³/mol. The first-order valence-corrected chi connectivity index (χ1v) is 7.29. The van der Waals surface area contributed by atoms with E-state index in [0.29, 0.717) is 6.04 Å². The molecule has 0 saturated carbocycles. The Morgan fingerprint density at radius 1 is 1.10 bits per heavy atom. The van der Waals surface area contributed by atoms with E-state index in [4.69, 9.17) is 9.84 Å². The van der Waals surface area contributed by atoms with Crippen LogP contribution in [0.2, 0.25) is 0 Å². The molecule has 0 aliphatic carbocycles. The molecule has 2 aromatic carbocycles. The van der Waals surface area contributed by atoms with E-state index in [1.807, 2.05) is 30.3 Å². The maximum absolute atomic E-state index is 9.07. The fourth-order valence-corrected chi connectivity index (χ4v) is 2.05. The van der Waals surface area contributed by atoms with Gasteiger partial charge in [-0.15, -0.1) is 0 Å². The van der Waals surface area contributed by atoms with Crippen molar-refractivity contribution in [3.8, 4) is 11.5 Å². The summed E-state index contributed by atoms with van der Waals surface area (Å²) >= 11 is 0. The number of ether oxygens (including phenoxy) is 1. The van der Waals surface area contributed by atoms with Gasteiger partial charge >= 0.3 is 0 Å². The number of aryl methyl sites for hydroxylation is 1. The summed E-state index contributed by atoms with van der Waals surface area (Å²) < 4.78 is 5.97. The molecule has 0 heterocycles. The van der Waals surface area contributed by atoms with Crippen molar-refractivity contribution >= 4 is 0 Å². The van der Waals surface area contributed by atoms with E-state index in [0.717, 1.165) is 29.2 Å². The largest absolute Gasteiger partial charge is 0.457 e. The molecule has 0 fully saturated rings. The van der Waals surface area contributed by atoms with Gasteiger partial charge in [0.05, 0.1) is 6.61 Å². The lowest BCUT2D eigenvalue weighted by Crippen LogP contribution is -2.22. The van der Waals surface area contributed by atoms with Gasteiger partial charge < -0.3 is 15.2 Å². The highest BCUT2D eigenvalue weighted by atomic mass is 16.5. The van der Waals surface area contributed by atoms with E-state index in [2.05, 4.69) is 38.2 Å². The summed E-state index contributed by atoms with van der Waals surface area (Å²) in [6.07, 6.45) is 0. The molecule has 0 aliphatic heterocycles. The predicted octanol–water partition coefficient (Wildman–Crippen LogP) is 3.78. The quantitative estimate of drug-likeness (QED) is 0.848. The number of aliphatic hydroxyl groups is 1. The molecule has 0 atom stereocenters. The van der Waals surface area contributed by atoms with Crippen LogP contribution in [0.4, 0.5) is 0 Å². The first-order chi connectivity index (χ1) is 10.1. The average molecular weight is 285 g/mol. The topological polar surface area (TPSA) is 41.5 Å². The standard InChI is InChI=1S/C18H23NO2/c1-13(2)19-11-16-10-14(3)4-9-18(16)21-17-7-5-15(12-20)6-8-17/h4-10,13,19-20H,11-12H2,1-3H3. The molecule has 0 unspecified atom stereocenters. The number of nitrogens with one attached hydrogen (secondary N) is 1. The molecule has 0 aromatic heterocycles. The number of aliphatic hydroxyl groups excluding tert-OH is 1. The number of rotatable bonds is 6. The smallest absolute Gasteiger partial charge is 0.131 e. The Hall–Kier alpha value is -1.84. The molecular weight excluding hydrogens is 262 g/mol. The number of hydrogen-bond acceptors (Lipinski definition) is 3. The van der Waals surface area contributed by atoms with Crippen LogP contribution >= 0.6 is 0 Å². The molecule has 2 aromatic rings. The van der Waals surface area contributed by atoms with Crippen molar-refractivity contribution in [2.75, 3.05) is 0 Å². The van der Waals surface area contributed by atoms with Gasteiger partial charge in [0.2, 0.25) is 0 Å². The van der Waals surface area contributed by atoms with E-state index in [1.54, 1.807) is 0 Å². The number of hydrogen-bond donors (Lipinski definition) is 2. The van der Waals surface area contributed by atoms with Crippen LogP contribution in [0.25, 0.3) is 0 Å². The normalized spacial score (nSPS) is 10.9. The van der Waals surface area contributed by atoms with E-state index < -0.39 is 0 Å². The van der Waals surface area contributed by atoms with Crippen LogP contribution in [0.15, 0.2) is 42.5 Å². The van der Waals surface area contributed by atoms with Crippen molar-refractivity contribution in [3.63, 3.8) is 0 Å². The van der Waals surface area contributed by atoms with Crippen LogP contribution < -0.4 is 10.1 Å². The van der Waals surface area contributed by atoms with Crippen LogP contribution in [0, 0.1) is 6.92 Å². The Balaban J connectivity index is 2.17. The Bertz CT molecular complexity index is 576. The minimum Gasteiger partial charge on any atom is -0.457 e. The zero-order valence-corrected chi connectivity index (χ0v) is 12.9. The molecule has 2 rings (SSSR count). The molecule has 0 amide bonds. The SMILES string of the molecule is Cc1ccc(Oc2ccc(CO)cc2)c(CNC(C)C)c1. The summed E-state index contributed by atoms with van der Waals surface area (Å²) in [5, 5.41) is 12.5. The second-order valence-corrected chi connectivity index (χ2v) is 5.55. The highest BCUT2D eigenvalue weighted by Crippen LogP contribution is 2.26. The summed E-state index contributed by atoms with van der Waals surface area (Å²) in [6, 6.07) is 14.1. The van der Waals surface area contributed by atoms with Crippen molar-refractivity contribution in [2.24, 2.45) is 0 Å². The average Bonchev–Trinajstić information content (AvgIpc) is 2.48. The van der Waals surface area contributed by atoms with E-state index >= 15 is 0 Å². The second kappa shape index (κ2) is 7.25. The summed E-state index contributed by atoms with van der Waals surface area (Å²) in [6.45, 7) is 7.17. The third-order valence-corrected chi connectivity index (χ3v) is 3.25. The maximum atomic E-state index is 9.07. The molecule has 0 bridgehead atoms. The first kappa shape index (κ1) is 15.5. The Morgan fingerprint density at radius 2 is 1.81 bits per heavy atom. The zero-order valence-electron chi connectivity index (χ0n) is 12.9. The molecular formula is C18H23NO2. The summed E-state index contributed by atoms with van der Waals surface area (Å²) in [7, 11) is 0. The van der Waals surface area contributed by atoms with Crippen molar-refractivity contribution < 1.29 is 9.84 Å². The third kappa shape index (κ3) is 4.59. The van der Waals surface area contributed by atoms with Crippen molar-refractivity contribution in [2.45, 2.75) is 40.0 Å². The van der Waals surface area contributed by atoms with Crippen molar-refractivity contribution in [1.29, 1.82) is 0 Å². The van der Waals surface area contributed by atoms with Gasteiger partial charge in [0.1, 0.15) is 11.5 Å². The van der Waals surface area contributed by atoms with Crippen molar-refractivity contribution in [1.82, 2.24) is 5.32 Å². The van der Waals surface area contributed by atoms with Gasteiger partial charge in [0, 0.05) is 18.2 Å². The van der Waals surface area contributed by atoms with Gasteiger partial charge in [-0.3, -0.25) is 0 Å². The fraction of sp³-hybridized carbons (Fsp3) is 0.333. The Morgan fingerprint density at radius 3 is 2.43 bits per heavy atom. The highest BCUT2D eigenvalue weighted by molar-refractivity contribution is 5.40. The van der Waals surface area contributed by atoms with Gasteiger partial charge in [-0.1, -0.05) is 43.7 Å². The minimum atomic E-state index is 0.0500. The lowest BCUT2D eigenvalue weighted by atomic mass is 10.1. The van der Waals surface area contributed by atoms with E-state index in [1.165, 1.54) is 5.56 Å². The number of benzene rings is 2. The zero-order chi connectivity index (χ0) is 15.2.